The van der Waals surface area contributed by atoms with Gasteiger partial charge in [0.05, 0.1) is 28.2 Å². The summed E-state index contributed by atoms with van der Waals surface area (Å²) in [5.74, 6) is -1.24. The van der Waals surface area contributed by atoms with Crippen LogP contribution < -0.4 is 10.6 Å². The highest BCUT2D eigenvalue weighted by atomic mass is 35.5. The first-order valence-electron chi connectivity index (χ1n) is 5.44. The number of hydrogen-bond acceptors (Lipinski definition) is 3. The van der Waals surface area contributed by atoms with Crippen LogP contribution in [0.2, 0.25) is 5.02 Å². The molecule has 98 valence electrons. The fourth-order valence-corrected chi connectivity index (χ4v) is 1.93. The molecule has 0 atom stereocenters. The van der Waals surface area contributed by atoms with Crippen molar-refractivity contribution in [1.82, 2.24) is 4.98 Å². The molecule has 6 heteroatoms. The van der Waals surface area contributed by atoms with E-state index >= 15 is 0 Å². The molecule has 1 heterocycles. The van der Waals surface area contributed by atoms with Crippen LogP contribution in [0.25, 0.3) is 0 Å². The van der Waals surface area contributed by atoms with E-state index in [0.29, 0.717) is 11.4 Å². The van der Waals surface area contributed by atoms with Crippen molar-refractivity contribution < 1.29 is 9.18 Å². The number of amides is 1. The van der Waals surface area contributed by atoms with Crippen LogP contribution in [0.1, 0.15) is 10.4 Å². The predicted molar refractivity (Wildman–Crippen MR) is 72.8 cm³/mol. The molecular weight excluding hydrogens is 269 g/mol. The molecule has 0 aliphatic heterocycles. The molecule has 0 radical (unpaired) electrons. The maximum atomic E-state index is 13.7. The largest absolute Gasteiger partial charge is 0.396 e. The fourth-order valence-electron chi connectivity index (χ4n) is 1.68. The highest BCUT2D eigenvalue weighted by Gasteiger charge is 2.21. The monoisotopic (exact) mass is 279 g/mol. The molecule has 2 rings (SSSR count). The Morgan fingerprint density at radius 3 is 2.79 bits per heavy atom. The van der Waals surface area contributed by atoms with Gasteiger partial charge >= 0.3 is 0 Å². The Morgan fingerprint density at radius 1 is 1.42 bits per heavy atom. The van der Waals surface area contributed by atoms with E-state index in [2.05, 4.69) is 4.98 Å². The summed E-state index contributed by atoms with van der Waals surface area (Å²) in [6, 6.07) is 5.65. The van der Waals surface area contributed by atoms with Gasteiger partial charge in [-0.15, -0.1) is 0 Å². The summed E-state index contributed by atoms with van der Waals surface area (Å²) in [7, 11) is 1.50. The highest BCUT2D eigenvalue weighted by Crippen LogP contribution is 2.25. The molecule has 1 aromatic heterocycles. The summed E-state index contributed by atoms with van der Waals surface area (Å²) < 4.78 is 13.7. The van der Waals surface area contributed by atoms with E-state index in [0.717, 1.165) is 0 Å². The lowest BCUT2D eigenvalue weighted by atomic mass is 10.1. The number of carbonyl (C=O) groups is 1. The van der Waals surface area contributed by atoms with E-state index in [-0.39, 0.29) is 10.6 Å². The number of anilines is 2. The second-order valence-electron chi connectivity index (χ2n) is 3.90. The molecule has 0 fully saturated rings. The number of nitrogens with zero attached hydrogens (tertiary/aromatic N) is 2. The Kier molecular flexibility index (Phi) is 3.66. The number of hydrogen-bond donors (Lipinski definition) is 1. The predicted octanol–water partition coefficient (Wildman–Crippen LogP) is 2.73. The molecule has 1 aromatic carbocycles. The number of halogens is 2. The molecule has 1 amide bonds. The van der Waals surface area contributed by atoms with Crippen molar-refractivity contribution in [3.05, 3.63) is 53.1 Å². The second kappa shape index (κ2) is 5.24. The minimum Gasteiger partial charge on any atom is -0.396 e. The first kappa shape index (κ1) is 13.3. The van der Waals surface area contributed by atoms with Gasteiger partial charge in [0, 0.05) is 13.2 Å². The minimum atomic E-state index is -0.669. The van der Waals surface area contributed by atoms with E-state index in [1.54, 1.807) is 6.07 Å². The van der Waals surface area contributed by atoms with E-state index in [9.17, 15) is 9.18 Å². The lowest BCUT2D eigenvalue weighted by Gasteiger charge is -2.19. The molecule has 0 aliphatic rings. The molecule has 0 bridgehead atoms. The van der Waals surface area contributed by atoms with Crippen molar-refractivity contribution in [2.24, 2.45) is 0 Å². The first-order chi connectivity index (χ1) is 9.02. The van der Waals surface area contributed by atoms with Crippen molar-refractivity contribution in [2.75, 3.05) is 17.7 Å². The van der Waals surface area contributed by atoms with Crippen LogP contribution >= 0.6 is 11.6 Å². The zero-order chi connectivity index (χ0) is 14.0. The van der Waals surface area contributed by atoms with Crippen LogP contribution in [0.3, 0.4) is 0 Å². The quantitative estimate of drug-likeness (QED) is 0.919. The van der Waals surface area contributed by atoms with Gasteiger partial charge in [0.25, 0.3) is 5.91 Å². The summed E-state index contributed by atoms with van der Waals surface area (Å²) in [6.07, 6.45) is 2.92. The molecule has 19 heavy (non-hydrogen) atoms. The van der Waals surface area contributed by atoms with Crippen molar-refractivity contribution in [3.63, 3.8) is 0 Å². The summed E-state index contributed by atoms with van der Waals surface area (Å²) in [5.41, 5.74) is 6.32. The molecule has 4 nitrogen and oxygen atoms in total. The molecule has 2 N–H and O–H groups in total. The number of nitrogens with two attached hydrogens (primary N) is 1. The molecule has 0 unspecified atom stereocenters. The molecule has 0 saturated carbocycles. The highest BCUT2D eigenvalue weighted by molar-refractivity contribution is 6.34. The number of nitrogen functional groups attached to an aromatic ring is 1. The smallest absolute Gasteiger partial charge is 0.262 e. The third-order valence-corrected chi connectivity index (χ3v) is 2.99. The lowest BCUT2D eigenvalue weighted by Crippen LogP contribution is -2.28. The lowest BCUT2D eigenvalue weighted by molar-refractivity contribution is 0.0989. The van der Waals surface area contributed by atoms with Crippen LogP contribution in [-0.4, -0.2) is 17.9 Å². The summed E-state index contributed by atoms with van der Waals surface area (Å²) >= 11 is 5.86. The van der Waals surface area contributed by atoms with E-state index in [1.807, 2.05) is 0 Å². The van der Waals surface area contributed by atoms with Crippen LogP contribution in [0.4, 0.5) is 15.8 Å². The van der Waals surface area contributed by atoms with Crippen molar-refractivity contribution in [2.45, 2.75) is 0 Å². The SMILES string of the molecule is CN(C(=O)c1c(F)cccc1Cl)c1ccncc1N. The topological polar surface area (TPSA) is 59.2 Å². The summed E-state index contributed by atoms with van der Waals surface area (Å²) in [6.45, 7) is 0. The van der Waals surface area contributed by atoms with Crippen LogP contribution in [0.5, 0.6) is 0 Å². The third kappa shape index (κ3) is 2.51. The van der Waals surface area contributed by atoms with E-state index in [1.165, 1.54) is 42.5 Å². The van der Waals surface area contributed by atoms with Gasteiger partial charge in [-0.2, -0.15) is 0 Å². The number of aromatic nitrogens is 1. The van der Waals surface area contributed by atoms with Gasteiger partial charge in [-0.3, -0.25) is 9.78 Å². The second-order valence-corrected chi connectivity index (χ2v) is 4.30. The van der Waals surface area contributed by atoms with Gasteiger partial charge in [-0.05, 0) is 18.2 Å². The van der Waals surface area contributed by atoms with Gasteiger partial charge in [0.15, 0.2) is 0 Å². The Hall–Kier alpha value is -2.14. The van der Waals surface area contributed by atoms with Gasteiger partial charge in [-0.1, -0.05) is 17.7 Å². The van der Waals surface area contributed by atoms with E-state index in [4.69, 9.17) is 17.3 Å². The van der Waals surface area contributed by atoms with Gasteiger partial charge in [0.1, 0.15) is 5.82 Å². The van der Waals surface area contributed by atoms with Crippen molar-refractivity contribution >= 4 is 28.9 Å². The molecule has 2 aromatic rings. The van der Waals surface area contributed by atoms with Crippen molar-refractivity contribution in [3.8, 4) is 0 Å². The zero-order valence-corrected chi connectivity index (χ0v) is 10.9. The maximum Gasteiger partial charge on any atom is 0.262 e. The standard InChI is InChI=1S/C13H11ClFN3O/c1-18(11-5-6-17-7-10(11)16)13(19)12-8(14)3-2-4-9(12)15/h2-7H,16H2,1H3. The Morgan fingerprint density at radius 2 is 2.16 bits per heavy atom. The zero-order valence-electron chi connectivity index (χ0n) is 10.1. The number of benzene rings is 1. The first-order valence-corrected chi connectivity index (χ1v) is 5.81. The van der Waals surface area contributed by atoms with Crippen molar-refractivity contribution in [1.29, 1.82) is 0 Å². The Bertz CT molecular complexity index is 613. The average molecular weight is 280 g/mol. The summed E-state index contributed by atoms with van der Waals surface area (Å²) in [4.78, 5) is 17.3. The third-order valence-electron chi connectivity index (χ3n) is 2.67. The van der Waals surface area contributed by atoms with Crippen LogP contribution in [0, 0.1) is 5.82 Å². The van der Waals surface area contributed by atoms with Crippen LogP contribution in [-0.2, 0) is 0 Å². The summed E-state index contributed by atoms with van der Waals surface area (Å²) in [5, 5.41) is 0.0597. The number of rotatable bonds is 2. The van der Waals surface area contributed by atoms with E-state index < -0.39 is 11.7 Å². The minimum absolute atomic E-state index is 0.0597. The average Bonchev–Trinajstić information content (AvgIpc) is 2.38. The Balaban J connectivity index is 2.43. The molecule has 0 spiro atoms. The normalized spacial score (nSPS) is 10.3. The molecular formula is C13H11ClFN3O. The van der Waals surface area contributed by atoms with Crippen LogP contribution in [0.15, 0.2) is 36.7 Å². The fraction of sp³-hybridized carbons (Fsp3) is 0.0769. The number of pyridine rings is 1. The molecule has 0 aliphatic carbocycles. The van der Waals surface area contributed by atoms with Gasteiger partial charge < -0.3 is 10.6 Å². The maximum absolute atomic E-state index is 13.7. The van der Waals surface area contributed by atoms with Gasteiger partial charge in [-0.25, -0.2) is 4.39 Å². The van der Waals surface area contributed by atoms with Gasteiger partial charge in [0.2, 0.25) is 0 Å². The number of carbonyl (C=O) groups excluding carboxylic acids is 1. The molecule has 0 saturated heterocycles. The Labute approximate surface area is 114 Å².